The topological polar surface area (TPSA) is 78.7 Å². The van der Waals surface area contributed by atoms with Gasteiger partial charge in [-0.3, -0.25) is 0 Å². The number of methoxy groups -OCH3 is 2. The van der Waals surface area contributed by atoms with Gasteiger partial charge in [-0.2, -0.15) is 0 Å². The molecule has 32 heavy (non-hydrogen) atoms. The van der Waals surface area contributed by atoms with Crippen LogP contribution in [-0.4, -0.2) is 80.0 Å². The number of nitrogen functional groups attached to an aromatic ring is 1. The first kappa shape index (κ1) is 24.0. The molecule has 0 bridgehead atoms. The molecule has 2 aromatic carbocycles. The third-order valence-electron chi connectivity index (χ3n) is 5.36. The van der Waals surface area contributed by atoms with Gasteiger partial charge in [0.25, 0.3) is 0 Å². The Balaban J connectivity index is 1.67. The molecule has 0 spiro atoms. The van der Waals surface area contributed by atoms with Gasteiger partial charge < -0.3 is 39.2 Å². The number of para-hydroxylation sites is 2. The van der Waals surface area contributed by atoms with Crippen molar-refractivity contribution in [2.75, 3.05) is 95.6 Å². The van der Waals surface area contributed by atoms with Crippen LogP contribution in [0.3, 0.4) is 0 Å². The Morgan fingerprint density at radius 1 is 0.656 bits per heavy atom. The van der Waals surface area contributed by atoms with Crippen LogP contribution in [-0.2, 0) is 14.2 Å². The number of benzene rings is 2. The summed E-state index contributed by atoms with van der Waals surface area (Å²) in [5.74, 6) is 1.59. The minimum absolute atomic E-state index is 0.553. The highest BCUT2D eigenvalue weighted by molar-refractivity contribution is 5.64. The summed E-state index contributed by atoms with van der Waals surface area (Å²) in [6.07, 6.45) is 0. The number of anilines is 3. The van der Waals surface area contributed by atoms with Crippen LogP contribution in [0.5, 0.6) is 11.5 Å². The van der Waals surface area contributed by atoms with Crippen LogP contribution in [0, 0.1) is 0 Å². The largest absolute Gasteiger partial charge is 0.495 e. The molecule has 0 saturated carbocycles. The second-order valence-electron chi connectivity index (χ2n) is 7.41. The molecule has 0 amide bonds. The van der Waals surface area contributed by atoms with Crippen LogP contribution < -0.4 is 25.0 Å². The summed E-state index contributed by atoms with van der Waals surface area (Å²) in [7, 11) is 3.35. The Bertz CT molecular complexity index is 820. The summed E-state index contributed by atoms with van der Waals surface area (Å²) in [4.78, 5) is 4.44. The number of rotatable bonds is 4. The fourth-order valence-electron chi connectivity index (χ4n) is 3.67. The number of hydrogen-bond donors (Lipinski definition) is 1. The van der Waals surface area contributed by atoms with Crippen molar-refractivity contribution in [2.45, 2.75) is 0 Å². The summed E-state index contributed by atoms with van der Waals surface area (Å²) in [5, 5.41) is 0. The highest BCUT2D eigenvalue weighted by atomic mass is 16.5. The van der Waals surface area contributed by atoms with Crippen LogP contribution in [0.25, 0.3) is 0 Å². The molecule has 1 saturated heterocycles. The fourth-order valence-corrected chi connectivity index (χ4v) is 3.67. The lowest BCUT2D eigenvalue weighted by atomic mass is 10.2. The molecule has 176 valence electrons. The van der Waals surface area contributed by atoms with Crippen molar-refractivity contribution in [3.05, 3.63) is 42.5 Å². The van der Waals surface area contributed by atoms with Crippen LogP contribution in [0.4, 0.5) is 17.1 Å². The molecule has 8 heteroatoms. The Morgan fingerprint density at radius 3 is 1.72 bits per heavy atom. The Kier molecular flexibility index (Phi) is 9.74. The first-order valence-electron chi connectivity index (χ1n) is 11.0. The SMILES string of the molecule is COc1ccccc1N1CCOCCOCCN(c2ccc(N)cc2OC)CCOCC1. The standard InChI is InChI=1S/C24H35N3O5/c1-28-23-6-4-3-5-21(23)26-9-13-30-14-10-27(12-16-32-18-17-31-15-11-26)22-8-7-20(25)19-24(22)29-2/h3-8,19H,9-18,25H2,1-2H3. The van der Waals surface area contributed by atoms with E-state index in [1.54, 1.807) is 14.2 Å². The van der Waals surface area contributed by atoms with Gasteiger partial charge in [0.2, 0.25) is 0 Å². The molecule has 1 heterocycles. The van der Waals surface area contributed by atoms with Crippen molar-refractivity contribution in [1.82, 2.24) is 0 Å². The van der Waals surface area contributed by atoms with E-state index in [1.807, 2.05) is 36.4 Å². The van der Waals surface area contributed by atoms with Crippen molar-refractivity contribution in [1.29, 1.82) is 0 Å². The Labute approximate surface area is 190 Å². The minimum Gasteiger partial charge on any atom is -0.495 e. The van der Waals surface area contributed by atoms with Gasteiger partial charge in [0.05, 0.1) is 65.2 Å². The summed E-state index contributed by atoms with van der Waals surface area (Å²) >= 11 is 0. The molecule has 8 nitrogen and oxygen atoms in total. The normalized spacial score (nSPS) is 17.3. The van der Waals surface area contributed by atoms with E-state index < -0.39 is 0 Å². The van der Waals surface area contributed by atoms with Crippen LogP contribution in [0.15, 0.2) is 42.5 Å². The molecule has 0 radical (unpaired) electrons. The van der Waals surface area contributed by atoms with E-state index in [1.165, 1.54) is 0 Å². The van der Waals surface area contributed by atoms with Crippen LogP contribution in [0.1, 0.15) is 0 Å². The average molecular weight is 446 g/mol. The van der Waals surface area contributed by atoms with E-state index in [9.17, 15) is 0 Å². The lowest BCUT2D eigenvalue weighted by Gasteiger charge is -2.27. The van der Waals surface area contributed by atoms with Crippen molar-refractivity contribution in [3.8, 4) is 11.5 Å². The van der Waals surface area contributed by atoms with Gasteiger partial charge in [-0.1, -0.05) is 12.1 Å². The van der Waals surface area contributed by atoms with E-state index in [0.29, 0.717) is 45.3 Å². The Morgan fingerprint density at radius 2 is 1.16 bits per heavy atom. The van der Waals surface area contributed by atoms with Gasteiger partial charge in [0, 0.05) is 37.9 Å². The van der Waals surface area contributed by atoms with Gasteiger partial charge in [0.1, 0.15) is 11.5 Å². The number of nitrogens with two attached hydrogens (primary N) is 1. The zero-order chi connectivity index (χ0) is 22.6. The Hall–Kier alpha value is -2.68. The van der Waals surface area contributed by atoms with Gasteiger partial charge in [-0.25, -0.2) is 0 Å². The molecule has 0 unspecified atom stereocenters. The maximum Gasteiger partial charge on any atom is 0.144 e. The quantitative estimate of drug-likeness (QED) is 0.720. The van der Waals surface area contributed by atoms with E-state index in [-0.39, 0.29) is 0 Å². The van der Waals surface area contributed by atoms with E-state index >= 15 is 0 Å². The molecule has 2 N–H and O–H groups in total. The van der Waals surface area contributed by atoms with Gasteiger partial charge in [0.15, 0.2) is 0 Å². The molecule has 0 atom stereocenters. The number of hydrogen-bond acceptors (Lipinski definition) is 8. The molecular formula is C24H35N3O5. The first-order chi connectivity index (χ1) is 15.7. The van der Waals surface area contributed by atoms with Crippen molar-refractivity contribution in [2.24, 2.45) is 0 Å². The first-order valence-corrected chi connectivity index (χ1v) is 11.0. The molecule has 2 aromatic rings. The molecule has 1 fully saturated rings. The molecule has 1 aliphatic heterocycles. The highest BCUT2D eigenvalue weighted by Gasteiger charge is 2.15. The maximum absolute atomic E-state index is 6.01. The van der Waals surface area contributed by atoms with Gasteiger partial charge in [-0.05, 0) is 24.3 Å². The lowest BCUT2D eigenvalue weighted by Crippen LogP contribution is -2.33. The van der Waals surface area contributed by atoms with Gasteiger partial charge >= 0.3 is 0 Å². The second-order valence-corrected chi connectivity index (χ2v) is 7.41. The molecule has 3 rings (SSSR count). The molecule has 1 aliphatic rings. The fraction of sp³-hybridized carbons (Fsp3) is 0.500. The minimum atomic E-state index is 0.553. The monoisotopic (exact) mass is 445 g/mol. The molecule has 0 aliphatic carbocycles. The predicted molar refractivity (Wildman–Crippen MR) is 127 cm³/mol. The van der Waals surface area contributed by atoms with Crippen molar-refractivity contribution in [3.63, 3.8) is 0 Å². The summed E-state index contributed by atoms with van der Waals surface area (Å²) in [6, 6.07) is 13.7. The van der Waals surface area contributed by atoms with E-state index in [0.717, 1.165) is 49.1 Å². The average Bonchev–Trinajstić information content (AvgIpc) is 2.83. The summed E-state index contributed by atoms with van der Waals surface area (Å²) < 4.78 is 28.7. The third kappa shape index (κ3) is 6.91. The molecular weight excluding hydrogens is 410 g/mol. The second kappa shape index (κ2) is 13.0. The number of ether oxygens (including phenoxy) is 5. The summed E-state index contributed by atoms with van der Waals surface area (Å²) in [5.41, 5.74) is 8.61. The summed E-state index contributed by atoms with van der Waals surface area (Å²) in [6.45, 7) is 6.42. The van der Waals surface area contributed by atoms with Gasteiger partial charge in [-0.15, -0.1) is 0 Å². The van der Waals surface area contributed by atoms with Crippen molar-refractivity contribution >= 4 is 17.1 Å². The highest BCUT2D eigenvalue weighted by Crippen LogP contribution is 2.30. The number of nitrogens with zero attached hydrogens (tertiary/aromatic N) is 2. The zero-order valence-electron chi connectivity index (χ0n) is 19.1. The van der Waals surface area contributed by atoms with Crippen LogP contribution in [0.2, 0.25) is 0 Å². The smallest absolute Gasteiger partial charge is 0.144 e. The van der Waals surface area contributed by atoms with Crippen LogP contribution >= 0.6 is 0 Å². The molecule has 0 aromatic heterocycles. The van der Waals surface area contributed by atoms with Crippen molar-refractivity contribution < 1.29 is 23.7 Å². The van der Waals surface area contributed by atoms with E-state index in [4.69, 9.17) is 29.4 Å². The third-order valence-corrected chi connectivity index (χ3v) is 5.36. The van der Waals surface area contributed by atoms with E-state index in [2.05, 4.69) is 15.9 Å². The zero-order valence-corrected chi connectivity index (χ0v) is 19.1. The lowest BCUT2D eigenvalue weighted by molar-refractivity contribution is 0.0530. The predicted octanol–water partition coefficient (Wildman–Crippen LogP) is 2.66. The maximum atomic E-state index is 6.01.